The molecule has 0 amide bonds. The topological polar surface area (TPSA) is 42.2 Å². The van der Waals surface area contributed by atoms with E-state index >= 15 is 0 Å². The Morgan fingerprint density at radius 3 is 3.00 bits per heavy atom. The van der Waals surface area contributed by atoms with Crippen molar-refractivity contribution in [2.75, 3.05) is 6.54 Å². The maximum Gasteiger partial charge on any atom is 0.217 e. The smallest absolute Gasteiger partial charge is 0.217 e. The fourth-order valence-electron chi connectivity index (χ4n) is 3.13. The van der Waals surface area contributed by atoms with E-state index in [0.717, 1.165) is 32.2 Å². The molecule has 2 aromatic rings. The Morgan fingerprint density at radius 2 is 2.35 bits per heavy atom. The zero-order valence-corrected chi connectivity index (χ0v) is 11.5. The summed E-state index contributed by atoms with van der Waals surface area (Å²) in [6.07, 6.45) is 3.51. The van der Waals surface area contributed by atoms with Crippen LogP contribution in [0.1, 0.15) is 43.2 Å². The number of benzene rings is 1. The van der Waals surface area contributed by atoms with Crippen molar-refractivity contribution in [1.82, 2.24) is 5.32 Å². The molecule has 2 heterocycles. The Morgan fingerprint density at radius 1 is 1.50 bits per heavy atom. The lowest BCUT2D eigenvalue weighted by atomic mass is 9.86. The summed E-state index contributed by atoms with van der Waals surface area (Å²) in [5.74, 6) is -0.217. The van der Waals surface area contributed by atoms with Gasteiger partial charge >= 0.3 is 0 Å². The highest BCUT2D eigenvalue weighted by Gasteiger charge is 2.41. The van der Waals surface area contributed by atoms with Gasteiger partial charge in [0, 0.05) is 5.39 Å². The first-order valence-electron chi connectivity index (χ1n) is 7.14. The van der Waals surface area contributed by atoms with Crippen molar-refractivity contribution >= 4 is 16.8 Å². The van der Waals surface area contributed by atoms with Crippen LogP contribution in [-0.2, 0) is 0 Å². The number of hydrogen-bond acceptors (Lipinski definition) is 3. The van der Waals surface area contributed by atoms with Crippen molar-refractivity contribution in [3.63, 3.8) is 0 Å². The van der Waals surface area contributed by atoms with Crippen molar-refractivity contribution in [3.8, 4) is 0 Å². The number of fused-ring (bicyclic) bond motifs is 1. The fraction of sp³-hybridized carbons (Fsp3) is 0.438. The van der Waals surface area contributed by atoms with E-state index in [0.29, 0.717) is 5.39 Å². The number of carbonyl (C=O) groups is 1. The van der Waals surface area contributed by atoms with E-state index in [-0.39, 0.29) is 17.1 Å². The van der Waals surface area contributed by atoms with Crippen LogP contribution in [0.25, 0.3) is 11.0 Å². The lowest BCUT2D eigenvalue weighted by Crippen LogP contribution is -2.47. The van der Waals surface area contributed by atoms with Gasteiger partial charge in [0.1, 0.15) is 0 Å². The van der Waals surface area contributed by atoms with E-state index in [1.807, 2.05) is 0 Å². The second-order valence-corrected chi connectivity index (χ2v) is 5.46. The normalized spacial score (nSPS) is 22.5. The molecule has 0 bridgehead atoms. The summed E-state index contributed by atoms with van der Waals surface area (Å²) in [6, 6.07) is 6.37. The van der Waals surface area contributed by atoms with Gasteiger partial charge in [-0.1, -0.05) is 25.5 Å². The quantitative estimate of drug-likeness (QED) is 0.865. The van der Waals surface area contributed by atoms with E-state index in [4.69, 9.17) is 4.42 Å². The molecular formula is C16H18FNO2. The van der Waals surface area contributed by atoms with Gasteiger partial charge in [0.05, 0.1) is 5.54 Å². The van der Waals surface area contributed by atoms with Gasteiger partial charge in [-0.2, -0.15) is 0 Å². The predicted octanol–water partition coefficient (Wildman–Crippen LogP) is 3.68. The molecule has 3 rings (SSSR count). The van der Waals surface area contributed by atoms with Crippen LogP contribution in [0.15, 0.2) is 28.7 Å². The van der Waals surface area contributed by atoms with Gasteiger partial charge < -0.3 is 9.73 Å². The number of nitrogens with one attached hydrogen (secondary N) is 1. The molecule has 0 spiro atoms. The summed E-state index contributed by atoms with van der Waals surface area (Å²) in [5.41, 5.74) is -0.362. The Kier molecular flexibility index (Phi) is 3.34. The highest BCUT2D eigenvalue weighted by Crippen LogP contribution is 2.31. The average Bonchev–Trinajstić information content (AvgIpc) is 3.06. The molecule has 106 valence electrons. The summed E-state index contributed by atoms with van der Waals surface area (Å²) in [7, 11) is 0. The molecule has 1 saturated heterocycles. The highest BCUT2D eigenvalue weighted by atomic mass is 19.1. The lowest BCUT2D eigenvalue weighted by Gasteiger charge is -2.26. The number of hydrogen-bond donors (Lipinski definition) is 1. The van der Waals surface area contributed by atoms with Crippen LogP contribution in [-0.4, -0.2) is 17.9 Å². The Bertz CT molecular complexity index is 641. The average molecular weight is 275 g/mol. The van der Waals surface area contributed by atoms with Crippen LogP contribution in [0.3, 0.4) is 0 Å². The standard InChI is InChI=1S/C16H18FNO2/c1-2-7-16(8-4-9-18-16)15(19)13-10-11-5-3-6-12(17)14(11)20-13/h3,5-6,10,18H,2,4,7-9H2,1H3. The number of furan rings is 1. The van der Waals surface area contributed by atoms with Crippen LogP contribution < -0.4 is 5.32 Å². The molecule has 1 aliphatic heterocycles. The maximum absolute atomic E-state index is 13.7. The second-order valence-electron chi connectivity index (χ2n) is 5.46. The molecule has 0 saturated carbocycles. The second kappa shape index (κ2) is 5.02. The van der Waals surface area contributed by atoms with Crippen LogP contribution >= 0.6 is 0 Å². The van der Waals surface area contributed by atoms with E-state index in [1.54, 1.807) is 18.2 Å². The lowest BCUT2D eigenvalue weighted by molar-refractivity contribution is 0.0830. The number of carbonyl (C=O) groups excluding carboxylic acids is 1. The molecule has 1 atom stereocenters. The minimum Gasteiger partial charge on any atom is -0.450 e. The van der Waals surface area contributed by atoms with Gasteiger partial charge in [-0.25, -0.2) is 4.39 Å². The first kappa shape index (κ1) is 13.3. The summed E-state index contributed by atoms with van der Waals surface area (Å²) in [6.45, 7) is 2.91. The number of para-hydroxylation sites is 1. The zero-order valence-electron chi connectivity index (χ0n) is 11.5. The SMILES string of the molecule is CCCC1(C(=O)c2cc3cccc(F)c3o2)CCCN1. The molecule has 4 heteroatoms. The van der Waals surface area contributed by atoms with E-state index < -0.39 is 11.4 Å². The molecule has 1 N–H and O–H groups in total. The Balaban J connectivity index is 2.01. The van der Waals surface area contributed by atoms with E-state index in [2.05, 4.69) is 12.2 Å². The summed E-state index contributed by atoms with van der Waals surface area (Å²) in [5, 5.41) is 3.96. The summed E-state index contributed by atoms with van der Waals surface area (Å²) < 4.78 is 19.1. The first-order valence-corrected chi connectivity index (χ1v) is 7.14. The third kappa shape index (κ3) is 2.04. The Hall–Kier alpha value is -1.68. The van der Waals surface area contributed by atoms with Crippen LogP contribution in [0.4, 0.5) is 4.39 Å². The summed E-state index contributed by atoms with van der Waals surface area (Å²) in [4.78, 5) is 12.8. The van der Waals surface area contributed by atoms with Crippen LogP contribution in [0.2, 0.25) is 0 Å². The van der Waals surface area contributed by atoms with Gasteiger partial charge in [-0.15, -0.1) is 0 Å². The van der Waals surface area contributed by atoms with Crippen molar-refractivity contribution < 1.29 is 13.6 Å². The number of halogens is 1. The minimum atomic E-state index is -0.529. The van der Waals surface area contributed by atoms with Gasteiger partial charge in [0.15, 0.2) is 17.2 Å². The van der Waals surface area contributed by atoms with Crippen LogP contribution in [0.5, 0.6) is 0 Å². The molecule has 0 radical (unpaired) electrons. The molecule has 0 aliphatic carbocycles. The van der Waals surface area contributed by atoms with Crippen molar-refractivity contribution in [2.45, 2.75) is 38.1 Å². The van der Waals surface area contributed by atoms with Crippen molar-refractivity contribution in [2.24, 2.45) is 0 Å². The molecule has 20 heavy (non-hydrogen) atoms. The third-order valence-electron chi connectivity index (χ3n) is 4.07. The monoisotopic (exact) mass is 275 g/mol. The van der Waals surface area contributed by atoms with Crippen molar-refractivity contribution in [1.29, 1.82) is 0 Å². The largest absolute Gasteiger partial charge is 0.450 e. The van der Waals surface area contributed by atoms with E-state index in [9.17, 15) is 9.18 Å². The van der Waals surface area contributed by atoms with Crippen molar-refractivity contribution in [3.05, 3.63) is 35.8 Å². The first-order chi connectivity index (χ1) is 9.66. The number of rotatable bonds is 4. The number of Topliss-reactive ketones (excluding diaryl/α,β-unsaturated/α-hetero) is 1. The fourth-order valence-corrected chi connectivity index (χ4v) is 3.13. The molecule has 1 unspecified atom stereocenters. The molecular weight excluding hydrogens is 257 g/mol. The zero-order chi connectivity index (χ0) is 14.2. The molecule has 1 aliphatic rings. The Labute approximate surface area is 117 Å². The third-order valence-corrected chi connectivity index (χ3v) is 4.07. The molecule has 1 fully saturated rings. The molecule has 3 nitrogen and oxygen atoms in total. The van der Waals surface area contributed by atoms with E-state index in [1.165, 1.54) is 6.07 Å². The van der Waals surface area contributed by atoms with Gasteiger partial charge in [-0.05, 0) is 37.9 Å². The summed E-state index contributed by atoms with van der Waals surface area (Å²) >= 11 is 0. The maximum atomic E-state index is 13.7. The minimum absolute atomic E-state index is 0.0487. The highest BCUT2D eigenvalue weighted by molar-refractivity contribution is 6.04. The molecule has 1 aromatic carbocycles. The van der Waals surface area contributed by atoms with Crippen LogP contribution in [0, 0.1) is 5.82 Å². The van der Waals surface area contributed by atoms with Gasteiger partial charge in [0.2, 0.25) is 5.78 Å². The predicted molar refractivity (Wildman–Crippen MR) is 75.4 cm³/mol. The van der Waals surface area contributed by atoms with Gasteiger partial charge in [-0.3, -0.25) is 4.79 Å². The van der Waals surface area contributed by atoms with Gasteiger partial charge in [0.25, 0.3) is 0 Å². The number of ketones is 1. The molecule has 1 aromatic heterocycles.